The minimum Gasteiger partial charge on any atom is -0.340 e. The molecule has 2 fully saturated rings. The van der Waals surface area contributed by atoms with E-state index in [1.165, 1.54) is 19.4 Å². The lowest BCUT2D eigenvalue weighted by Gasteiger charge is -2.37. The number of amides is 1. The summed E-state index contributed by atoms with van der Waals surface area (Å²) in [7, 11) is 0. The second-order valence-electron chi connectivity index (χ2n) is 5.88. The summed E-state index contributed by atoms with van der Waals surface area (Å²) in [5.41, 5.74) is 0. The molecular weight excluding hydrogens is 226 g/mol. The predicted molar refractivity (Wildman–Crippen MR) is 73.5 cm³/mol. The van der Waals surface area contributed by atoms with Crippen molar-refractivity contribution in [3.8, 4) is 0 Å². The number of rotatable bonds is 5. The average molecular weight is 253 g/mol. The highest BCUT2D eigenvalue weighted by Crippen LogP contribution is 2.21. The maximum atomic E-state index is 12.1. The normalized spacial score (nSPS) is 24.6. The number of nitrogens with zero attached hydrogens (tertiary/aromatic N) is 2. The predicted octanol–water partition coefficient (Wildman–Crippen LogP) is 1.07. The summed E-state index contributed by atoms with van der Waals surface area (Å²) < 4.78 is 0. The smallest absolute Gasteiger partial charge is 0.222 e. The van der Waals surface area contributed by atoms with Gasteiger partial charge in [0.1, 0.15) is 0 Å². The van der Waals surface area contributed by atoms with Gasteiger partial charge in [-0.15, -0.1) is 0 Å². The van der Waals surface area contributed by atoms with Gasteiger partial charge >= 0.3 is 0 Å². The molecule has 1 atom stereocenters. The molecule has 2 heterocycles. The lowest BCUT2D eigenvalue weighted by Crippen LogP contribution is -2.52. The fourth-order valence-electron chi connectivity index (χ4n) is 3.01. The van der Waals surface area contributed by atoms with Gasteiger partial charge in [-0.25, -0.2) is 0 Å². The van der Waals surface area contributed by atoms with Crippen LogP contribution in [0.3, 0.4) is 0 Å². The van der Waals surface area contributed by atoms with E-state index in [0.717, 1.165) is 32.6 Å². The van der Waals surface area contributed by atoms with Crippen molar-refractivity contribution < 1.29 is 4.79 Å². The Hall–Kier alpha value is -0.610. The van der Waals surface area contributed by atoms with Crippen molar-refractivity contribution in [2.45, 2.75) is 51.6 Å². The summed E-state index contributed by atoms with van der Waals surface area (Å²) in [4.78, 5) is 16.7. The van der Waals surface area contributed by atoms with E-state index in [9.17, 15) is 4.79 Å². The van der Waals surface area contributed by atoms with E-state index in [4.69, 9.17) is 0 Å². The van der Waals surface area contributed by atoms with Crippen molar-refractivity contribution >= 4 is 5.91 Å². The number of fused-ring (bicyclic) bond motifs is 1. The van der Waals surface area contributed by atoms with Gasteiger partial charge in [-0.2, -0.15) is 0 Å². The first-order chi connectivity index (χ1) is 8.66. The number of nitrogens with one attached hydrogen (secondary N) is 1. The minimum atomic E-state index is 0.354. The van der Waals surface area contributed by atoms with E-state index in [1.54, 1.807) is 0 Å². The fourth-order valence-corrected chi connectivity index (χ4v) is 3.01. The van der Waals surface area contributed by atoms with E-state index in [0.29, 0.717) is 24.4 Å². The molecule has 1 amide bonds. The fraction of sp³-hybridized carbons (Fsp3) is 0.929. The van der Waals surface area contributed by atoms with Crippen LogP contribution in [0.1, 0.15) is 39.5 Å². The van der Waals surface area contributed by atoms with Gasteiger partial charge in [0.05, 0.1) is 0 Å². The zero-order valence-electron chi connectivity index (χ0n) is 11.8. The van der Waals surface area contributed by atoms with Crippen molar-refractivity contribution in [3.05, 3.63) is 0 Å². The van der Waals surface area contributed by atoms with Gasteiger partial charge in [-0.05, 0) is 32.4 Å². The van der Waals surface area contributed by atoms with Gasteiger partial charge in [0.2, 0.25) is 5.91 Å². The molecule has 0 aliphatic carbocycles. The summed E-state index contributed by atoms with van der Waals surface area (Å²) in [6, 6.07) is 1.17. The second-order valence-corrected chi connectivity index (χ2v) is 5.88. The molecule has 0 aromatic heterocycles. The molecule has 0 aromatic rings. The second kappa shape index (κ2) is 6.53. The Labute approximate surface area is 111 Å². The molecule has 4 heteroatoms. The molecule has 18 heavy (non-hydrogen) atoms. The van der Waals surface area contributed by atoms with Gasteiger partial charge in [0.25, 0.3) is 0 Å². The first-order valence-corrected chi connectivity index (χ1v) is 7.42. The van der Waals surface area contributed by atoms with Gasteiger partial charge < -0.3 is 10.2 Å². The number of piperazine rings is 1. The molecule has 0 bridgehead atoms. The molecule has 1 N–H and O–H groups in total. The summed E-state index contributed by atoms with van der Waals surface area (Å²) in [6.07, 6.45) is 4.25. The summed E-state index contributed by atoms with van der Waals surface area (Å²) in [6.45, 7) is 9.46. The molecule has 2 aliphatic rings. The third kappa shape index (κ3) is 3.69. The molecule has 2 saturated heterocycles. The van der Waals surface area contributed by atoms with E-state index in [-0.39, 0.29) is 0 Å². The molecule has 1 unspecified atom stereocenters. The van der Waals surface area contributed by atoms with Crippen LogP contribution in [0.15, 0.2) is 0 Å². The third-order valence-corrected chi connectivity index (χ3v) is 4.06. The minimum absolute atomic E-state index is 0.354. The van der Waals surface area contributed by atoms with Crippen LogP contribution in [0, 0.1) is 0 Å². The van der Waals surface area contributed by atoms with Crippen molar-refractivity contribution in [1.29, 1.82) is 0 Å². The van der Waals surface area contributed by atoms with Crippen LogP contribution < -0.4 is 5.32 Å². The number of carbonyl (C=O) groups excluding carboxylic acids is 1. The highest BCUT2D eigenvalue weighted by Gasteiger charge is 2.31. The monoisotopic (exact) mass is 253 g/mol. The molecule has 2 aliphatic heterocycles. The largest absolute Gasteiger partial charge is 0.340 e. The highest BCUT2D eigenvalue weighted by molar-refractivity contribution is 5.76. The van der Waals surface area contributed by atoms with Crippen molar-refractivity contribution in [2.24, 2.45) is 0 Å². The Morgan fingerprint density at radius 1 is 1.33 bits per heavy atom. The van der Waals surface area contributed by atoms with Crippen LogP contribution in [0.2, 0.25) is 0 Å². The molecule has 2 rings (SSSR count). The topological polar surface area (TPSA) is 35.6 Å². The highest BCUT2D eigenvalue weighted by atomic mass is 16.2. The lowest BCUT2D eigenvalue weighted by atomic mass is 10.1. The quantitative estimate of drug-likeness (QED) is 0.745. The van der Waals surface area contributed by atoms with E-state index >= 15 is 0 Å². The Morgan fingerprint density at radius 2 is 2.17 bits per heavy atom. The van der Waals surface area contributed by atoms with Crippen LogP contribution in [-0.4, -0.2) is 60.5 Å². The van der Waals surface area contributed by atoms with E-state index < -0.39 is 0 Å². The molecular formula is C14H27N3O. The van der Waals surface area contributed by atoms with Crippen molar-refractivity contribution in [2.75, 3.05) is 32.7 Å². The van der Waals surface area contributed by atoms with Crippen LogP contribution in [0.5, 0.6) is 0 Å². The number of hydrogen-bond acceptors (Lipinski definition) is 3. The summed E-state index contributed by atoms with van der Waals surface area (Å²) >= 11 is 0. The molecule has 0 spiro atoms. The number of hydrogen-bond donors (Lipinski definition) is 1. The maximum absolute atomic E-state index is 12.1. The summed E-state index contributed by atoms with van der Waals surface area (Å²) in [5.74, 6) is 0.354. The molecule has 4 nitrogen and oxygen atoms in total. The first kappa shape index (κ1) is 13.8. The SMILES string of the molecule is CC(C)NCCCC(=O)N1CCN2CCCC2C1. The molecule has 104 valence electrons. The zero-order valence-corrected chi connectivity index (χ0v) is 11.8. The van der Waals surface area contributed by atoms with Crippen molar-refractivity contribution in [1.82, 2.24) is 15.1 Å². The molecule has 0 saturated carbocycles. The lowest BCUT2D eigenvalue weighted by molar-refractivity contribution is -0.133. The third-order valence-electron chi connectivity index (χ3n) is 4.06. The van der Waals surface area contributed by atoms with Crippen LogP contribution in [0.25, 0.3) is 0 Å². The summed E-state index contributed by atoms with van der Waals surface area (Å²) in [5, 5.41) is 3.36. The standard InChI is InChI=1S/C14H27N3O/c1-12(2)15-7-3-6-14(18)17-10-9-16-8-4-5-13(16)11-17/h12-13,15H,3-11H2,1-2H3. The van der Waals surface area contributed by atoms with Crippen LogP contribution in [0.4, 0.5) is 0 Å². The van der Waals surface area contributed by atoms with Crippen LogP contribution >= 0.6 is 0 Å². The van der Waals surface area contributed by atoms with Gasteiger partial charge in [0, 0.05) is 38.1 Å². The van der Waals surface area contributed by atoms with Gasteiger partial charge in [-0.1, -0.05) is 13.8 Å². The van der Waals surface area contributed by atoms with Crippen LogP contribution in [-0.2, 0) is 4.79 Å². The number of carbonyl (C=O) groups is 1. The van der Waals surface area contributed by atoms with Gasteiger partial charge in [-0.3, -0.25) is 9.69 Å². The van der Waals surface area contributed by atoms with E-state index in [1.807, 2.05) is 0 Å². The Bertz CT molecular complexity index is 280. The first-order valence-electron chi connectivity index (χ1n) is 7.42. The zero-order chi connectivity index (χ0) is 13.0. The molecule has 0 radical (unpaired) electrons. The Kier molecular flexibility index (Phi) is 5.01. The molecule has 0 aromatic carbocycles. The maximum Gasteiger partial charge on any atom is 0.222 e. The van der Waals surface area contributed by atoms with Crippen molar-refractivity contribution in [3.63, 3.8) is 0 Å². The Balaban J connectivity index is 1.66. The average Bonchev–Trinajstić information content (AvgIpc) is 2.81. The van der Waals surface area contributed by atoms with E-state index in [2.05, 4.69) is 29.0 Å². The Morgan fingerprint density at radius 3 is 2.94 bits per heavy atom. The van der Waals surface area contributed by atoms with Gasteiger partial charge in [0.15, 0.2) is 0 Å².